The van der Waals surface area contributed by atoms with Crippen molar-refractivity contribution in [2.24, 2.45) is 0 Å². The quantitative estimate of drug-likeness (QED) is 0.814. The molecule has 2 aromatic heterocycles. The van der Waals surface area contributed by atoms with E-state index in [1.54, 1.807) is 22.7 Å². The average molecular weight is 308 g/mol. The minimum Gasteiger partial charge on any atom is -0.304 e. The molecule has 108 valence electrons. The van der Waals surface area contributed by atoms with Gasteiger partial charge in [-0.3, -0.25) is 9.69 Å². The lowest BCUT2D eigenvalue weighted by Gasteiger charge is -2.31. The van der Waals surface area contributed by atoms with Crippen LogP contribution < -0.4 is 0 Å². The molecule has 0 radical (unpaired) electrons. The summed E-state index contributed by atoms with van der Waals surface area (Å²) in [5.74, 6) is 0.292. The number of aryl methyl sites for hydroxylation is 2. The molecule has 5 heteroatoms. The number of carbonyl (C=O) groups is 1. The summed E-state index contributed by atoms with van der Waals surface area (Å²) in [6.07, 6.45) is 0. The second-order valence-corrected chi connectivity index (χ2v) is 7.80. The zero-order valence-electron chi connectivity index (χ0n) is 12.2. The third-order valence-electron chi connectivity index (χ3n) is 4.07. The molecule has 1 fully saturated rings. The fraction of sp³-hybridized carbons (Fsp3) is 0.533. The van der Waals surface area contributed by atoms with E-state index < -0.39 is 0 Å². The van der Waals surface area contributed by atoms with Gasteiger partial charge in [0.15, 0.2) is 5.78 Å². The molecule has 0 aliphatic carbocycles. The van der Waals surface area contributed by atoms with Crippen LogP contribution in [0.3, 0.4) is 0 Å². The van der Waals surface area contributed by atoms with Crippen molar-refractivity contribution in [2.75, 3.05) is 39.8 Å². The minimum absolute atomic E-state index is 0.292. The number of nitrogens with zero attached hydrogens (tertiary/aromatic N) is 2. The number of Topliss-reactive ketones (excluding diaryl/α,β-unsaturated/α-hetero) is 1. The van der Waals surface area contributed by atoms with E-state index in [9.17, 15) is 4.79 Å². The molecule has 0 N–H and O–H groups in total. The standard InChI is InChI=1S/C15H20N2OS2/c1-10-9-19-15-13(10)11(2)14(20-15)12(18)8-17-6-4-16(3)5-7-17/h9H,4-8H2,1-3H3. The van der Waals surface area contributed by atoms with Gasteiger partial charge in [-0.2, -0.15) is 0 Å². The number of carbonyl (C=O) groups excluding carboxylic acids is 1. The molecule has 3 rings (SSSR count). The maximum atomic E-state index is 12.6. The molecule has 3 heterocycles. The first kappa shape index (κ1) is 14.2. The average Bonchev–Trinajstić information content (AvgIpc) is 2.94. The Morgan fingerprint density at radius 1 is 1.25 bits per heavy atom. The Morgan fingerprint density at radius 3 is 2.60 bits per heavy atom. The molecule has 2 aromatic rings. The van der Waals surface area contributed by atoms with Crippen LogP contribution in [0.2, 0.25) is 0 Å². The van der Waals surface area contributed by atoms with Gasteiger partial charge in [-0.15, -0.1) is 22.7 Å². The molecule has 0 bridgehead atoms. The third kappa shape index (κ3) is 2.55. The Bertz CT molecular complexity index is 636. The molecule has 0 unspecified atom stereocenters. The van der Waals surface area contributed by atoms with E-state index in [1.807, 2.05) is 0 Å². The molecule has 3 nitrogen and oxygen atoms in total. The lowest BCUT2D eigenvalue weighted by molar-refractivity contribution is 0.0880. The van der Waals surface area contributed by atoms with Gasteiger partial charge in [-0.1, -0.05) is 0 Å². The second-order valence-electron chi connectivity index (χ2n) is 5.64. The van der Waals surface area contributed by atoms with E-state index in [1.165, 1.54) is 20.5 Å². The summed E-state index contributed by atoms with van der Waals surface area (Å²) < 4.78 is 1.29. The minimum atomic E-state index is 0.292. The number of likely N-dealkylation sites (N-methyl/N-ethyl adjacent to an activating group) is 1. The van der Waals surface area contributed by atoms with Gasteiger partial charge in [0.2, 0.25) is 0 Å². The maximum absolute atomic E-state index is 12.6. The predicted molar refractivity (Wildman–Crippen MR) is 87.4 cm³/mol. The Labute approximate surface area is 127 Å². The van der Waals surface area contributed by atoms with E-state index in [2.05, 4.69) is 36.1 Å². The third-order valence-corrected chi connectivity index (χ3v) is 6.62. The van der Waals surface area contributed by atoms with Gasteiger partial charge in [0.1, 0.15) is 0 Å². The Hall–Kier alpha value is -0.750. The van der Waals surface area contributed by atoms with Crippen LogP contribution in [-0.2, 0) is 0 Å². The molecular weight excluding hydrogens is 288 g/mol. The van der Waals surface area contributed by atoms with Crippen LogP contribution in [0.25, 0.3) is 9.40 Å². The largest absolute Gasteiger partial charge is 0.304 e. The van der Waals surface area contributed by atoms with Crippen LogP contribution in [0.4, 0.5) is 0 Å². The lowest BCUT2D eigenvalue weighted by Crippen LogP contribution is -2.46. The van der Waals surface area contributed by atoms with Crippen LogP contribution in [0.1, 0.15) is 20.8 Å². The molecule has 0 amide bonds. The molecule has 0 saturated carbocycles. The molecule has 0 aromatic carbocycles. The fourth-order valence-electron chi connectivity index (χ4n) is 2.77. The van der Waals surface area contributed by atoms with Crippen LogP contribution in [0.5, 0.6) is 0 Å². The SMILES string of the molecule is Cc1csc2sc(C(=O)CN3CCN(C)CC3)c(C)c12. The van der Waals surface area contributed by atoms with Crippen LogP contribution >= 0.6 is 22.7 Å². The highest BCUT2D eigenvalue weighted by molar-refractivity contribution is 7.38. The van der Waals surface area contributed by atoms with Gasteiger partial charge in [-0.25, -0.2) is 0 Å². The molecular formula is C15H20N2OS2. The van der Waals surface area contributed by atoms with E-state index in [0.717, 1.165) is 31.1 Å². The molecule has 1 aliphatic rings. The van der Waals surface area contributed by atoms with Crippen molar-refractivity contribution >= 4 is 37.9 Å². The Balaban J connectivity index is 1.77. The topological polar surface area (TPSA) is 23.6 Å². The van der Waals surface area contributed by atoms with Crippen molar-refractivity contribution in [1.82, 2.24) is 9.80 Å². The van der Waals surface area contributed by atoms with Gasteiger partial charge >= 0.3 is 0 Å². The summed E-state index contributed by atoms with van der Waals surface area (Å²) in [5, 5.41) is 3.49. The van der Waals surface area contributed by atoms with Crippen molar-refractivity contribution in [2.45, 2.75) is 13.8 Å². The van der Waals surface area contributed by atoms with Gasteiger partial charge in [-0.05, 0) is 37.4 Å². The van der Waals surface area contributed by atoms with E-state index >= 15 is 0 Å². The van der Waals surface area contributed by atoms with Crippen molar-refractivity contribution in [3.63, 3.8) is 0 Å². The molecule has 1 saturated heterocycles. The number of rotatable bonds is 3. The zero-order valence-corrected chi connectivity index (χ0v) is 13.9. The summed E-state index contributed by atoms with van der Waals surface area (Å²) in [7, 11) is 2.14. The summed E-state index contributed by atoms with van der Waals surface area (Å²) >= 11 is 3.43. The highest BCUT2D eigenvalue weighted by Crippen LogP contribution is 2.37. The summed E-state index contributed by atoms with van der Waals surface area (Å²) in [5.41, 5.74) is 2.49. The molecule has 0 atom stereocenters. The molecule has 0 spiro atoms. The van der Waals surface area contributed by atoms with Crippen molar-refractivity contribution < 1.29 is 4.79 Å². The smallest absolute Gasteiger partial charge is 0.187 e. The first-order valence-electron chi connectivity index (χ1n) is 6.97. The number of fused-ring (bicyclic) bond motifs is 1. The van der Waals surface area contributed by atoms with E-state index in [0.29, 0.717) is 12.3 Å². The number of hydrogen-bond acceptors (Lipinski definition) is 5. The monoisotopic (exact) mass is 308 g/mol. The summed E-state index contributed by atoms with van der Waals surface area (Å²) in [4.78, 5) is 18.1. The van der Waals surface area contributed by atoms with Gasteiger partial charge in [0.25, 0.3) is 0 Å². The van der Waals surface area contributed by atoms with Gasteiger partial charge in [0, 0.05) is 31.6 Å². The number of thiophene rings is 2. The lowest BCUT2D eigenvalue weighted by atomic mass is 10.1. The van der Waals surface area contributed by atoms with Crippen LogP contribution in [0, 0.1) is 13.8 Å². The first-order valence-corrected chi connectivity index (χ1v) is 8.67. The van der Waals surface area contributed by atoms with Crippen molar-refractivity contribution in [3.8, 4) is 0 Å². The normalized spacial score (nSPS) is 17.9. The van der Waals surface area contributed by atoms with E-state index in [-0.39, 0.29) is 0 Å². The fourth-order valence-corrected chi connectivity index (χ4v) is 5.23. The zero-order chi connectivity index (χ0) is 14.3. The number of ketones is 1. The van der Waals surface area contributed by atoms with Gasteiger partial charge in [0.05, 0.1) is 15.4 Å². The van der Waals surface area contributed by atoms with Crippen LogP contribution in [-0.4, -0.2) is 55.4 Å². The summed E-state index contributed by atoms with van der Waals surface area (Å²) in [6.45, 7) is 8.92. The van der Waals surface area contributed by atoms with Crippen LogP contribution in [0.15, 0.2) is 5.38 Å². The molecule has 1 aliphatic heterocycles. The molecule has 20 heavy (non-hydrogen) atoms. The number of hydrogen-bond donors (Lipinski definition) is 0. The highest BCUT2D eigenvalue weighted by Gasteiger charge is 2.21. The Morgan fingerprint density at radius 2 is 1.95 bits per heavy atom. The predicted octanol–water partition coefficient (Wildman–Crippen LogP) is 3.01. The van der Waals surface area contributed by atoms with Crippen molar-refractivity contribution in [3.05, 3.63) is 21.4 Å². The van der Waals surface area contributed by atoms with E-state index in [4.69, 9.17) is 0 Å². The maximum Gasteiger partial charge on any atom is 0.187 e. The van der Waals surface area contributed by atoms with Crippen molar-refractivity contribution in [1.29, 1.82) is 0 Å². The summed E-state index contributed by atoms with van der Waals surface area (Å²) in [6, 6.07) is 0. The number of piperazine rings is 1. The highest BCUT2D eigenvalue weighted by atomic mass is 32.2. The van der Waals surface area contributed by atoms with Gasteiger partial charge < -0.3 is 4.90 Å². The Kier molecular flexibility index (Phi) is 3.95. The first-order chi connectivity index (χ1) is 9.56. The second kappa shape index (κ2) is 5.56.